The summed E-state index contributed by atoms with van der Waals surface area (Å²) in [6.07, 6.45) is 1.71. The van der Waals surface area contributed by atoms with Gasteiger partial charge in [-0.25, -0.2) is 0 Å². The van der Waals surface area contributed by atoms with E-state index in [4.69, 9.17) is 4.74 Å². The Kier molecular flexibility index (Phi) is 7.55. The van der Waals surface area contributed by atoms with Crippen molar-refractivity contribution in [1.29, 1.82) is 0 Å². The quantitative estimate of drug-likeness (QED) is 0.234. The minimum absolute atomic E-state index is 0.228. The van der Waals surface area contributed by atoms with Crippen molar-refractivity contribution in [2.75, 3.05) is 5.32 Å². The molecule has 0 saturated heterocycles. The highest BCUT2D eigenvalue weighted by molar-refractivity contribution is 6.07. The second-order valence-corrected chi connectivity index (χ2v) is 9.34. The second-order valence-electron chi connectivity index (χ2n) is 9.34. The van der Waals surface area contributed by atoms with Gasteiger partial charge < -0.3 is 19.9 Å². The van der Waals surface area contributed by atoms with Crippen LogP contribution in [0.3, 0.4) is 0 Å². The minimum Gasteiger partial charge on any atom is -0.457 e. The number of ether oxygens (including phenoxy) is 1. The van der Waals surface area contributed by atoms with Gasteiger partial charge >= 0.3 is 0 Å². The Labute approximate surface area is 227 Å². The highest BCUT2D eigenvalue weighted by Crippen LogP contribution is 2.26. The van der Waals surface area contributed by atoms with Crippen molar-refractivity contribution in [3.8, 4) is 22.6 Å². The molecule has 5 aromatic rings. The molecule has 1 aromatic heterocycles. The average Bonchev–Trinajstić information content (AvgIpc) is 3.33. The lowest BCUT2D eigenvalue weighted by molar-refractivity contribution is 0.0941. The number of hydrogen-bond donors (Lipinski definition) is 2. The summed E-state index contributed by atoms with van der Waals surface area (Å²) < 4.78 is 7.61. The van der Waals surface area contributed by atoms with Crippen LogP contribution < -0.4 is 15.4 Å². The van der Waals surface area contributed by atoms with Gasteiger partial charge in [-0.15, -0.1) is 0 Å². The first kappa shape index (κ1) is 25.5. The third-order valence-corrected chi connectivity index (χ3v) is 6.39. The lowest BCUT2D eigenvalue weighted by Gasteiger charge is -2.10. The number of amides is 2. The maximum atomic E-state index is 13.1. The smallest absolute Gasteiger partial charge is 0.268 e. The molecular weight excluding hydrogens is 486 g/mol. The molecular formula is C33H29N3O3. The molecule has 5 rings (SSSR count). The second kappa shape index (κ2) is 11.5. The zero-order valence-electron chi connectivity index (χ0n) is 21.8. The number of hydrogen-bond acceptors (Lipinski definition) is 3. The fraction of sp³-hybridized carbons (Fsp3) is 0.0909. The number of benzene rings is 4. The van der Waals surface area contributed by atoms with E-state index in [-0.39, 0.29) is 11.8 Å². The Morgan fingerprint density at radius 2 is 1.41 bits per heavy atom. The Bertz CT molecular complexity index is 1590. The molecule has 39 heavy (non-hydrogen) atoms. The Morgan fingerprint density at radius 1 is 0.769 bits per heavy atom. The van der Waals surface area contributed by atoms with E-state index in [0.717, 1.165) is 16.7 Å². The SMILES string of the molecule is Cc1ccc(-c2ccc(CNC(=O)c3cc(NC(=O)c4ccccc4Oc4ccccc4)cn3C)cc2)cc1. The first-order chi connectivity index (χ1) is 19.0. The van der Waals surface area contributed by atoms with E-state index >= 15 is 0 Å². The van der Waals surface area contributed by atoms with Gasteiger partial charge in [0.25, 0.3) is 11.8 Å². The Hall–Kier alpha value is -5.10. The Balaban J connectivity index is 1.21. The van der Waals surface area contributed by atoms with Crippen molar-refractivity contribution in [3.05, 3.63) is 138 Å². The highest BCUT2D eigenvalue weighted by atomic mass is 16.5. The van der Waals surface area contributed by atoms with Crippen LogP contribution in [0, 0.1) is 6.92 Å². The van der Waals surface area contributed by atoms with Crippen molar-refractivity contribution in [1.82, 2.24) is 9.88 Å². The molecule has 0 saturated carbocycles. The maximum Gasteiger partial charge on any atom is 0.268 e. The predicted octanol–water partition coefficient (Wildman–Crippen LogP) is 6.98. The van der Waals surface area contributed by atoms with E-state index in [0.29, 0.717) is 35.0 Å². The van der Waals surface area contributed by atoms with Gasteiger partial charge in [-0.3, -0.25) is 9.59 Å². The van der Waals surface area contributed by atoms with Crippen molar-refractivity contribution >= 4 is 17.5 Å². The molecule has 194 valence electrons. The summed E-state index contributed by atoms with van der Waals surface area (Å²) in [4.78, 5) is 26.0. The zero-order valence-corrected chi connectivity index (χ0v) is 21.8. The standard InChI is InChI=1S/C33H29N3O3/c1-23-12-16-25(17-13-23)26-18-14-24(15-19-26)21-34-33(38)30-20-27(22-36(30)2)35-32(37)29-10-6-7-11-31(29)39-28-8-4-3-5-9-28/h3-20,22H,21H2,1-2H3,(H,34,38)(H,35,37). The van der Waals surface area contributed by atoms with Gasteiger partial charge in [0.1, 0.15) is 17.2 Å². The minimum atomic E-state index is -0.326. The maximum absolute atomic E-state index is 13.1. The number of rotatable bonds is 8. The molecule has 6 heteroatoms. The fourth-order valence-corrected chi connectivity index (χ4v) is 4.25. The summed E-state index contributed by atoms with van der Waals surface area (Å²) in [6.45, 7) is 2.46. The Morgan fingerprint density at radius 3 is 2.13 bits per heavy atom. The monoisotopic (exact) mass is 515 g/mol. The van der Waals surface area contributed by atoms with Crippen LogP contribution in [-0.4, -0.2) is 16.4 Å². The molecule has 4 aromatic carbocycles. The molecule has 0 radical (unpaired) electrons. The lowest BCUT2D eigenvalue weighted by atomic mass is 10.0. The van der Waals surface area contributed by atoms with Crippen molar-refractivity contribution in [2.24, 2.45) is 7.05 Å². The summed E-state index contributed by atoms with van der Waals surface area (Å²) in [5.74, 6) is 0.533. The van der Waals surface area contributed by atoms with Gasteiger partial charge in [0.2, 0.25) is 0 Å². The summed E-state index contributed by atoms with van der Waals surface area (Å²) >= 11 is 0. The molecule has 0 aliphatic rings. The molecule has 1 heterocycles. The van der Waals surface area contributed by atoms with E-state index in [2.05, 4.69) is 54.0 Å². The predicted molar refractivity (Wildman–Crippen MR) is 154 cm³/mol. The van der Waals surface area contributed by atoms with Crippen molar-refractivity contribution in [2.45, 2.75) is 13.5 Å². The van der Waals surface area contributed by atoms with Crippen LogP contribution >= 0.6 is 0 Å². The van der Waals surface area contributed by atoms with Gasteiger partial charge in [-0.05, 0) is 53.9 Å². The third kappa shape index (κ3) is 6.25. The number of nitrogens with one attached hydrogen (secondary N) is 2. The van der Waals surface area contributed by atoms with Crippen LogP contribution in [0.1, 0.15) is 32.0 Å². The summed E-state index contributed by atoms with van der Waals surface area (Å²) in [5, 5.41) is 5.84. The summed E-state index contributed by atoms with van der Waals surface area (Å²) in [7, 11) is 1.77. The third-order valence-electron chi connectivity index (χ3n) is 6.39. The molecule has 0 fully saturated rings. The summed E-state index contributed by atoms with van der Waals surface area (Å²) in [5.41, 5.74) is 5.86. The van der Waals surface area contributed by atoms with Crippen LogP contribution in [-0.2, 0) is 13.6 Å². The number of aromatic nitrogens is 1. The van der Waals surface area contributed by atoms with Crippen LogP contribution in [0.5, 0.6) is 11.5 Å². The number of carbonyl (C=O) groups is 2. The van der Waals surface area contributed by atoms with Gasteiger partial charge in [-0.1, -0.05) is 84.4 Å². The molecule has 6 nitrogen and oxygen atoms in total. The van der Waals surface area contributed by atoms with Crippen LogP contribution in [0.4, 0.5) is 5.69 Å². The summed E-state index contributed by atoms with van der Waals surface area (Å²) in [6, 6.07) is 34.5. The average molecular weight is 516 g/mol. The fourth-order valence-electron chi connectivity index (χ4n) is 4.25. The number of aryl methyl sites for hydroxylation is 2. The van der Waals surface area contributed by atoms with E-state index in [1.54, 1.807) is 42.1 Å². The van der Waals surface area contributed by atoms with E-state index in [9.17, 15) is 9.59 Å². The van der Waals surface area contributed by atoms with Gasteiger partial charge in [0, 0.05) is 19.8 Å². The molecule has 0 atom stereocenters. The number of para-hydroxylation sites is 2. The molecule has 2 amide bonds. The largest absolute Gasteiger partial charge is 0.457 e. The van der Waals surface area contributed by atoms with E-state index < -0.39 is 0 Å². The molecule has 0 spiro atoms. The molecule has 0 unspecified atom stereocenters. The van der Waals surface area contributed by atoms with Crippen LogP contribution in [0.15, 0.2) is 115 Å². The first-order valence-corrected chi connectivity index (χ1v) is 12.7. The van der Waals surface area contributed by atoms with Gasteiger partial charge in [0.15, 0.2) is 0 Å². The number of nitrogens with zero attached hydrogens (tertiary/aromatic N) is 1. The van der Waals surface area contributed by atoms with Gasteiger partial charge in [-0.2, -0.15) is 0 Å². The zero-order chi connectivity index (χ0) is 27.2. The highest BCUT2D eigenvalue weighted by Gasteiger charge is 2.17. The van der Waals surface area contributed by atoms with Crippen LogP contribution in [0.2, 0.25) is 0 Å². The molecule has 0 aliphatic carbocycles. The number of carbonyl (C=O) groups excluding carboxylic acids is 2. The van der Waals surface area contributed by atoms with E-state index in [1.165, 1.54) is 5.56 Å². The van der Waals surface area contributed by atoms with Crippen molar-refractivity contribution in [3.63, 3.8) is 0 Å². The van der Waals surface area contributed by atoms with Gasteiger partial charge in [0.05, 0.1) is 11.3 Å². The normalized spacial score (nSPS) is 10.6. The molecule has 2 N–H and O–H groups in total. The first-order valence-electron chi connectivity index (χ1n) is 12.7. The lowest BCUT2D eigenvalue weighted by Crippen LogP contribution is -2.24. The van der Waals surface area contributed by atoms with Crippen molar-refractivity contribution < 1.29 is 14.3 Å². The molecule has 0 bridgehead atoms. The van der Waals surface area contributed by atoms with Crippen LogP contribution in [0.25, 0.3) is 11.1 Å². The van der Waals surface area contributed by atoms with E-state index in [1.807, 2.05) is 48.5 Å². The number of anilines is 1. The topological polar surface area (TPSA) is 72.4 Å². The molecule has 0 aliphatic heterocycles.